The summed E-state index contributed by atoms with van der Waals surface area (Å²) in [6.07, 6.45) is 0.844. The molecule has 0 radical (unpaired) electrons. The van der Waals surface area contributed by atoms with E-state index in [0.29, 0.717) is 17.2 Å². The Labute approximate surface area is 128 Å². The second kappa shape index (κ2) is 6.78. The summed E-state index contributed by atoms with van der Waals surface area (Å²) >= 11 is 1.55. The van der Waals surface area contributed by atoms with Crippen molar-refractivity contribution in [3.63, 3.8) is 0 Å². The topological polar surface area (TPSA) is 77.0 Å². The number of sulfone groups is 1. The molecule has 1 aliphatic rings. The van der Waals surface area contributed by atoms with E-state index in [9.17, 15) is 8.42 Å². The number of nitrogens with one attached hydrogen (secondary N) is 1. The van der Waals surface area contributed by atoms with Gasteiger partial charge in [-0.05, 0) is 18.2 Å². The highest BCUT2D eigenvalue weighted by molar-refractivity contribution is 8.00. The smallest absolute Gasteiger partial charge is 0.176 e. The summed E-state index contributed by atoms with van der Waals surface area (Å²) in [4.78, 5) is 5.65. The summed E-state index contributed by atoms with van der Waals surface area (Å²) in [5.74, 6) is 1.47. The Balaban J connectivity index is 2.13. The third kappa shape index (κ3) is 4.19. The van der Waals surface area contributed by atoms with Crippen molar-refractivity contribution in [1.82, 2.24) is 0 Å². The van der Waals surface area contributed by atoms with Gasteiger partial charge in [0.1, 0.15) is 5.84 Å². The number of aliphatic imine (C=N–C) groups is 1. The normalized spacial score (nSPS) is 16.9. The van der Waals surface area contributed by atoms with E-state index in [2.05, 4.69) is 10.3 Å². The zero-order valence-electron chi connectivity index (χ0n) is 12.1. The molecule has 116 valence electrons. The molecule has 1 N–H and O–H groups in total. The molecular formula is C13H18N2O4S2. The number of rotatable bonds is 5. The highest BCUT2D eigenvalue weighted by atomic mass is 32.2. The van der Waals surface area contributed by atoms with Crippen LogP contribution in [-0.4, -0.2) is 53.3 Å². The van der Waals surface area contributed by atoms with Crippen LogP contribution in [0.4, 0.5) is 5.69 Å². The van der Waals surface area contributed by atoms with E-state index in [0.717, 1.165) is 16.4 Å². The number of ether oxygens (including phenoxy) is 2. The van der Waals surface area contributed by atoms with E-state index < -0.39 is 9.84 Å². The van der Waals surface area contributed by atoms with Gasteiger partial charge in [0.15, 0.2) is 16.1 Å². The Morgan fingerprint density at radius 1 is 1.38 bits per heavy atom. The molecule has 0 bridgehead atoms. The van der Waals surface area contributed by atoms with E-state index in [1.54, 1.807) is 44.2 Å². The second-order valence-corrected chi connectivity index (χ2v) is 7.57. The van der Waals surface area contributed by atoms with Gasteiger partial charge in [-0.2, -0.15) is 0 Å². The molecular weight excluding hydrogens is 312 g/mol. The predicted octanol–water partition coefficient (Wildman–Crippen LogP) is 1.63. The Morgan fingerprint density at radius 2 is 2.10 bits per heavy atom. The molecule has 0 saturated carbocycles. The largest absolute Gasteiger partial charge is 0.354 e. The number of methoxy groups -OCH3 is 2. The number of fused-ring (bicyclic) bond motifs is 1. The van der Waals surface area contributed by atoms with Crippen LogP contribution in [0.3, 0.4) is 0 Å². The summed E-state index contributed by atoms with van der Waals surface area (Å²) in [6.45, 7) is 0.409. The minimum absolute atomic E-state index is 0.328. The van der Waals surface area contributed by atoms with Crippen LogP contribution in [0.15, 0.2) is 33.0 Å². The molecule has 1 heterocycles. The maximum atomic E-state index is 11.5. The fourth-order valence-corrected chi connectivity index (χ4v) is 3.47. The van der Waals surface area contributed by atoms with Crippen LogP contribution in [0.2, 0.25) is 0 Å². The average Bonchev–Trinajstić information content (AvgIpc) is 2.46. The molecule has 1 aromatic carbocycles. The summed E-state index contributed by atoms with van der Waals surface area (Å²) < 4.78 is 33.3. The van der Waals surface area contributed by atoms with Crippen LogP contribution in [0.1, 0.15) is 0 Å². The van der Waals surface area contributed by atoms with Crippen molar-refractivity contribution in [1.29, 1.82) is 0 Å². The van der Waals surface area contributed by atoms with E-state index in [1.165, 1.54) is 6.26 Å². The lowest BCUT2D eigenvalue weighted by atomic mass is 10.3. The van der Waals surface area contributed by atoms with Crippen molar-refractivity contribution >= 4 is 33.1 Å². The van der Waals surface area contributed by atoms with Gasteiger partial charge in [-0.1, -0.05) is 0 Å². The lowest BCUT2D eigenvalue weighted by Crippen LogP contribution is -2.23. The quantitative estimate of drug-likeness (QED) is 0.827. The van der Waals surface area contributed by atoms with Crippen LogP contribution < -0.4 is 5.32 Å². The zero-order valence-corrected chi connectivity index (χ0v) is 13.8. The van der Waals surface area contributed by atoms with Crippen molar-refractivity contribution in [2.75, 3.05) is 38.1 Å². The van der Waals surface area contributed by atoms with Gasteiger partial charge in [0.05, 0.1) is 22.9 Å². The van der Waals surface area contributed by atoms with E-state index in [1.807, 2.05) is 0 Å². The molecule has 2 rings (SSSR count). The van der Waals surface area contributed by atoms with E-state index >= 15 is 0 Å². The first kappa shape index (κ1) is 16.3. The summed E-state index contributed by atoms with van der Waals surface area (Å²) in [6, 6.07) is 5.04. The van der Waals surface area contributed by atoms with Gasteiger partial charge in [-0.15, -0.1) is 11.8 Å². The maximum absolute atomic E-state index is 11.5. The average molecular weight is 330 g/mol. The number of benzene rings is 1. The van der Waals surface area contributed by atoms with Crippen LogP contribution in [-0.2, 0) is 19.3 Å². The second-order valence-electron chi connectivity index (χ2n) is 4.53. The monoisotopic (exact) mass is 330 g/mol. The highest BCUT2D eigenvalue weighted by Crippen LogP contribution is 2.33. The van der Waals surface area contributed by atoms with Crippen molar-refractivity contribution in [2.45, 2.75) is 16.1 Å². The molecule has 0 unspecified atom stereocenters. The number of amidine groups is 1. The van der Waals surface area contributed by atoms with Gasteiger partial charge in [0.25, 0.3) is 0 Å². The van der Waals surface area contributed by atoms with Gasteiger partial charge >= 0.3 is 0 Å². The van der Waals surface area contributed by atoms with Gasteiger partial charge in [-0.25, -0.2) is 8.42 Å². The van der Waals surface area contributed by atoms with Crippen LogP contribution in [0.5, 0.6) is 0 Å². The fourth-order valence-electron chi connectivity index (χ4n) is 1.81. The number of hydrogen-bond acceptors (Lipinski definition) is 6. The Kier molecular flexibility index (Phi) is 5.26. The third-order valence-corrected chi connectivity index (χ3v) is 5.16. The summed E-state index contributed by atoms with van der Waals surface area (Å²) in [5.41, 5.74) is 0.865. The molecule has 0 atom stereocenters. The highest BCUT2D eigenvalue weighted by Gasteiger charge is 2.17. The Hall–Kier alpha value is -1.09. The van der Waals surface area contributed by atoms with Crippen LogP contribution >= 0.6 is 11.8 Å². The van der Waals surface area contributed by atoms with Crippen molar-refractivity contribution in [2.24, 2.45) is 4.99 Å². The first-order valence-electron chi connectivity index (χ1n) is 6.27. The fraction of sp³-hybridized carbons (Fsp3) is 0.462. The molecule has 8 heteroatoms. The van der Waals surface area contributed by atoms with Gasteiger partial charge in [-0.3, -0.25) is 4.99 Å². The number of thioether (sulfide) groups is 1. The Bertz CT molecular complexity index is 640. The van der Waals surface area contributed by atoms with Gasteiger partial charge < -0.3 is 14.8 Å². The molecule has 6 nitrogen and oxygen atoms in total. The molecule has 0 aliphatic carbocycles. The number of hydrogen-bond donors (Lipinski definition) is 1. The van der Waals surface area contributed by atoms with E-state index in [4.69, 9.17) is 9.47 Å². The summed E-state index contributed by atoms with van der Waals surface area (Å²) in [7, 11) is -0.0447. The first-order valence-corrected chi connectivity index (χ1v) is 9.14. The van der Waals surface area contributed by atoms with Crippen molar-refractivity contribution in [3.8, 4) is 0 Å². The lowest BCUT2D eigenvalue weighted by molar-refractivity contribution is -0.0936. The molecule has 0 amide bonds. The minimum Gasteiger partial charge on any atom is -0.354 e. The molecule has 21 heavy (non-hydrogen) atoms. The van der Waals surface area contributed by atoms with Gasteiger partial charge in [0, 0.05) is 25.4 Å². The zero-order chi connectivity index (χ0) is 15.5. The van der Waals surface area contributed by atoms with Crippen LogP contribution in [0, 0.1) is 0 Å². The SMILES string of the molecule is COC(CN=C1CSc2cc(S(C)(=O)=O)ccc2N1)OC. The molecule has 0 fully saturated rings. The number of nitrogens with zero attached hydrogens (tertiary/aromatic N) is 1. The predicted molar refractivity (Wildman–Crippen MR) is 84.0 cm³/mol. The van der Waals surface area contributed by atoms with Crippen molar-refractivity contribution in [3.05, 3.63) is 18.2 Å². The van der Waals surface area contributed by atoms with E-state index in [-0.39, 0.29) is 6.29 Å². The minimum atomic E-state index is -3.18. The first-order chi connectivity index (χ1) is 9.94. The molecule has 1 aliphatic heterocycles. The summed E-state index contributed by atoms with van der Waals surface area (Å²) in [5, 5.41) is 3.20. The standard InChI is InChI=1S/C13H18N2O4S2/c1-18-13(19-2)7-14-12-8-20-11-6-9(21(3,16)17)4-5-10(11)15-12/h4-6,13H,7-8H2,1-3H3,(H,14,15). The molecule has 0 aromatic heterocycles. The maximum Gasteiger partial charge on any atom is 0.176 e. The third-order valence-electron chi connectivity index (χ3n) is 2.98. The molecule has 0 saturated heterocycles. The van der Waals surface area contributed by atoms with Crippen LogP contribution in [0.25, 0.3) is 0 Å². The van der Waals surface area contributed by atoms with Crippen molar-refractivity contribution < 1.29 is 17.9 Å². The molecule has 0 spiro atoms. The lowest BCUT2D eigenvalue weighted by Gasteiger charge is -2.20. The Morgan fingerprint density at radius 3 is 2.71 bits per heavy atom. The number of anilines is 1. The molecule has 1 aromatic rings. The van der Waals surface area contributed by atoms with Gasteiger partial charge in [0.2, 0.25) is 0 Å².